The van der Waals surface area contributed by atoms with Gasteiger partial charge in [-0.25, -0.2) is 4.98 Å². The zero-order valence-corrected chi connectivity index (χ0v) is 20.7. The summed E-state index contributed by atoms with van der Waals surface area (Å²) in [6, 6.07) is 18.2. The molecule has 1 amide bonds. The second kappa shape index (κ2) is 9.33. The maximum atomic E-state index is 12.4. The molecule has 0 saturated carbocycles. The lowest BCUT2D eigenvalue weighted by Gasteiger charge is -2.10. The van der Waals surface area contributed by atoms with E-state index in [4.69, 9.17) is 21.4 Å². The topological polar surface area (TPSA) is 76.4 Å². The number of aromatic nitrogens is 1. The van der Waals surface area contributed by atoms with E-state index in [-0.39, 0.29) is 11.0 Å². The number of ether oxygens (including phenoxy) is 1. The van der Waals surface area contributed by atoms with E-state index in [2.05, 4.69) is 54.1 Å². The molecule has 1 heterocycles. The Morgan fingerprint density at radius 1 is 1.16 bits per heavy atom. The van der Waals surface area contributed by atoms with Crippen LogP contribution in [0.3, 0.4) is 0 Å². The molecular weight excluding hydrogens is 593 g/mol. The van der Waals surface area contributed by atoms with Crippen molar-refractivity contribution in [3.63, 3.8) is 0 Å². The third-order valence-corrected chi connectivity index (χ3v) is 5.93. The maximum Gasteiger partial charge on any atom is 0.257 e. The lowest BCUT2D eigenvalue weighted by molar-refractivity contribution is 0.0977. The van der Waals surface area contributed by atoms with Crippen molar-refractivity contribution >= 4 is 78.5 Å². The first-order chi connectivity index (χ1) is 14.9. The minimum absolute atomic E-state index is 0.177. The van der Waals surface area contributed by atoms with Crippen LogP contribution in [0.15, 0.2) is 69.6 Å². The fourth-order valence-electron chi connectivity index (χ4n) is 2.88. The number of carbonyl (C=O) groups excluding carboxylic acids is 1. The maximum absolute atomic E-state index is 12.4. The Kier molecular flexibility index (Phi) is 6.54. The predicted octanol–water partition coefficient (Wildman–Crippen LogP) is 6.00. The third-order valence-electron chi connectivity index (χ3n) is 4.36. The number of hydrogen-bond donors (Lipinski definition) is 2. The highest BCUT2D eigenvalue weighted by Crippen LogP contribution is 2.32. The van der Waals surface area contributed by atoms with Crippen molar-refractivity contribution in [1.82, 2.24) is 10.3 Å². The summed E-state index contributed by atoms with van der Waals surface area (Å²) in [4.78, 5) is 17.0. The molecule has 0 aliphatic rings. The van der Waals surface area contributed by atoms with Gasteiger partial charge in [0.25, 0.3) is 5.91 Å². The first-order valence-electron chi connectivity index (χ1n) is 9.05. The van der Waals surface area contributed by atoms with Gasteiger partial charge in [-0.15, -0.1) is 0 Å². The largest absolute Gasteiger partial charge is 0.497 e. The van der Waals surface area contributed by atoms with Crippen molar-refractivity contribution in [2.75, 3.05) is 12.4 Å². The number of amides is 1. The number of anilines is 1. The smallest absolute Gasteiger partial charge is 0.257 e. The lowest BCUT2D eigenvalue weighted by Crippen LogP contribution is -2.34. The molecular formula is C22H15BrIN3O3S. The molecule has 0 unspecified atom stereocenters. The number of halogens is 2. The summed E-state index contributed by atoms with van der Waals surface area (Å²) in [6.07, 6.45) is 0. The highest BCUT2D eigenvalue weighted by molar-refractivity contribution is 14.1. The molecule has 0 aliphatic carbocycles. The number of hydrogen-bond acceptors (Lipinski definition) is 5. The average Bonchev–Trinajstić information content (AvgIpc) is 3.18. The minimum Gasteiger partial charge on any atom is -0.497 e. The third kappa shape index (κ3) is 5.05. The zero-order valence-electron chi connectivity index (χ0n) is 16.1. The summed E-state index contributed by atoms with van der Waals surface area (Å²) in [5.74, 6) is 0.787. The molecule has 0 fully saturated rings. The van der Waals surface area contributed by atoms with Gasteiger partial charge in [-0.1, -0.05) is 6.07 Å². The molecule has 31 heavy (non-hydrogen) atoms. The molecule has 4 aromatic rings. The number of carbonyl (C=O) groups is 1. The Hall–Kier alpha value is -2.50. The van der Waals surface area contributed by atoms with Gasteiger partial charge in [0.1, 0.15) is 11.3 Å². The number of nitrogens with one attached hydrogen (secondary N) is 2. The number of thiocarbonyl (C=S) groups is 1. The second-order valence-corrected chi connectivity index (χ2v) is 8.97. The van der Waals surface area contributed by atoms with E-state index in [1.807, 2.05) is 36.4 Å². The van der Waals surface area contributed by atoms with Gasteiger partial charge in [0.05, 0.1) is 12.7 Å². The first kappa shape index (κ1) is 21.7. The predicted molar refractivity (Wildman–Crippen MR) is 137 cm³/mol. The lowest BCUT2D eigenvalue weighted by atomic mass is 10.2. The van der Waals surface area contributed by atoms with Crippen LogP contribution in [0, 0.1) is 3.57 Å². The fourth-order valence-corrected chi connectivity index (χ4v) is 4.00. The zero-order chi connectivity index (χ0) is 22.0. The van der Waals surface area contributed by atoms with Crippen molar-refractivity contribution in [3.8, 4) is 17.2 Å². The summed E-state index contributed by atoms with van der Waals surface area (Å²) >= 11 is 11.1. The molecule has 0 spiro atoms. The van der Waals surface area contributed by atoms with E-state index in [0.717, 1.165) is 13.6 Å². The van der Waals surface area contributed by atoms with E-state index in [0.29, 0.717) is 34.0 Å². The van der Waals surface area contributed by atoms with E-state index in [9.17, 15) is 4.79 Å². The highest BCUT2D eigenvalue weighted by atomic mass is 127. The molecule has 4 rings (SSSR count). The SMILES string of the molecule is COc1cccc(C(=O)NC(=S)Nc2ccc3oc(-c4cc(I)ccc4Br)nc3c2)c1. The summed E-state index contributed by atoms with van der Waals surface area (Å²) in [5, 5.41) is 5.85. The monoisotopic (exact) mass is 607 g/mol. The van der Waals surface area contributed by atoms with Gasteiger partial charge in [0, 0.05) is 19.3 Å². The molecule has 156 valence electrons. The van der Waals surface area contributed by atoms with Crippen LogP contribution < -0.4 is 15.4 Å². The molecule has 1 aromatic heterocycles. The van der Waals surface area contributed by atoms with Crippen molar-refractivity contribution in [2.45, 2.75) is 0 Å². The molecule has 0 bridgehead atoms. The quantitative estimate of drug-likeness (QED) is 0.219. The summed E-state index contributed by atoms with van der Waals surface area (Å²) in [5.41, 5.74) is 3.33. The summed E-state index contributed by atoms with van der Waals surface area (Å²) in [7, 11) is 1.55. The van der Waals surface area contributed by atoms with Gasteiger partial charge in [0.15, 0.2) is 10.7 Å². The molecule has 0 radical (unpaired) electrons. The molecule has 6 nitrogen and oxygen atoms in total. The van der Waals surface area contributed by atoms with Gasteiger partial charge in [-0.2, -0.15) is 0 Å². The van der Waals surface area contributed by atoms with Gasteiger partial charge in [-0.05, 0) is 105 Å². The summed E-state index contributed by atoms with van der Waals surface area (Å²) in [6.45, 7) is 0. The van der Waals surface area contributed by atoms with Gasteiger partial charge >= 0.3 is 0 Å². The van der Waals surface area contributed by atoms with Gasteiger partial charge < -0.3 is 14.5 Å². The number of rotatable bonds is 4. The standard InChI is InChI=1S/C22H15BrIN3O3S/c1-29-15-4-2-3-12(9-15)20(28)27-22(31)25-14-6-8-19-18(11-14)26-21(30-19)16-10-13(24)5-7-17(16)23/h2-11H,1H3,(H2,25,27,28,31). The van der Waals surface area contributed by atoms with Crippen LogP contribution in [-0.2, 0) is 0 Å². The number of benzene rings is 3. The molecule has 0 aliphatic heterocycles. The molecule has 3 aromatic carbocycles. The molecule has 0 atom stereocenters. The number of nitrogens with zero attached hydrogens (tertiary/aromatic N) is 1. The van der Waals surface area contributed by atoms with Crippen LogP contribution >= 0.6 is 50.7 Å². The van der Waals surface area contributed by atoms with E-state index in [1.165, 1.54) is 0 Å². The fraction of sp³-hybridized carbons (Fsp3) is 0.0455. The highest BCUT2D eigenvalue weighted by Gasteiger charge is 2.13. The van der Waals surface area contributed by atoms with E-state index < -0.39 is 0 Å². The van der Waals surface area contributed by atoms with Crippen LogP contribution in [0.4, 0.5) is 5.69 Å². The van der Waals surface area contributed by atoms with Crippen LogP contribution in [0.5, 0.6) is 5.75 Å². The average molecular weight is 608 g/mol. The Morgan fingerprint density at radius 2 is 2.00 bits per heavy atom. The van der Waals surface area contributed by atoms with Crippen LogP contribution in [0.1, 0.15) is 10.4 Å². The molecule has 9 heteroatoms. The van der Waals surface area contributed by atoms with Crippen molar-refractivity contribution < 1.29 is 13.9 Å². The van der Waals surface area contributed by atoms with Gasteiger partial charge in [-0.3, -0.25) is 10.1 Å². The van der Waals surface area contributed by atoms with Crippen LogP contribution in [0.25, 0.3) is 22.6 Å². The Labute approximate surface area is 205 Å². The Morgan fingerprint density at radius 3 is 2.81 bits per heavy atom. The summed E-state index contributed by atoms with van der Waals surface area (Å²) < 4.78 is 13.0. The Balaban J connectivity index is 1.50. The second-order valence-electron chi connectivity index (χ2n) is 6.47. The van der Waals surface area contributed by atoms with E-state index >= 15 is 0 Å². The minimum atomic E-state index is -0.329. The normalized spacial score (nSPS) is 10.7. The Bertz CT molecular complexity index is 1310. The van der Waals surface area contributed by atoms with E-state index in [1.54, 1.807) is 31.4 Å². The van der Waals surface area contributed by atoms with Crippen molar-refractivity contribution in [2.24, 2.45) is 0 Å². The molecule has 0 saturated heterocycles. The number of methoxy groups -OCH3 is 1. The number of fused-ring (bicyclic) bond motifs is 1. The van der Waals surface area contributed by atoms with Gasteiger partial charge in [0.2, 0.25) is 5.89 Å². The first-order valence-corrected chi connectivity index (χ1v) is 11.3. The van der Waals surface area contributed by atoms with Crippen LogP contribution in [-0.4, -0.2) is 23.1 Å². The number of oxazole rings is 1. The van der Waals surface area contributed by atoms with Crippen molar-refractivity contribution in [3.05, 3.63) is 74.3 Å². The van der Waals surface area contributed by atoms with Crippen molar-refractivity contribution in [1.29, 1.82) is 0 Å². The van der Waals surface area contributed by atoms with Crippen LogP contribution in [0.2, 0.25) is 0 Å². The molecule has 2 N–H and O–H groups in total.